The summed E-state index contributed by atoms with van der Waals surface area (Å²) in [5, 5.41) is 12.7. The molecule has 3 N–H and O–H groups in total. The predicted octanol–water partition coefficient (Wildman–Crippen LogP) is 2.04. The number of ether oxygens (including phenoxy) is 1. The molecule has 0 radical (unpaired) electrons. The van der Waals surface area contributed by atoms with Crippen LogP contribution in [0.2, 0.25) is 0 Å². The highest BCUT2D eigenvalue weighted by Gasteiger charge is 2.24. The molecule has 1 heterocycles. The molecule has 1 amide bonds. The molecule has 1 aromatic rings. The van der Waals surface area contributed by atoms with Crippen molar-refractivity contribution in [2.75, 3.05) is 0 Å². The van der Waals surface area contributed by atoms with E-state index in [0.717, 1.165) is 31.2 Å². The van der Waals surface area contributed by atoms with Gasteiger partial charge in [-0.2, -0.15) is 0 Å². The molecule has 0 spiro atoms. The third-order valence-electron chi connectivity index (χ3n) is 4.38. The lowest BCUT2D eigenvalue weighted by Gasteiger charge is -2.30. The largest absolute Gasteiger partial charge is 0.490 e. The van der Waals surface area contributed by atoms with E-state index in [-0.39, 0.29) is 23.6 Å². The Labute approximate surface area is 142 Å². The molecular weight excluding hydrogens is 308 g/mol. The van der Waals surface area contributed by atoms with Crippen molar-refractivity contribution in [2.45, 2.75) is 77.0 Å². The smallest absolute Gasteiger partial charge is 0.251 e. The highest BCUT2D eigenvalue weighted by molar-refractivity contribution is 5.76. The monoisotopic (exact) mass is 336 g/mol. The molecule has 2 rings (SSSR count). The molecule has 6 nitrogen and oxygen atoms in total. The van der Waals surface area contributed by atoms with Gasteiger partial charge in [0.05, 0.1) is 11.7 Å². The number of nitrogens with one attached hydrogen (secondary N) is 2. The van der Waals surface area contributed by atoms with E-state index in [0.29, 0.717) is 18.6 Å². The molecule has 0 unspecified atom stereocenters. The van der Waals surface area contributed by atoms with Crippen LogP contribution in [0.1, 0.15) is 57.9 Å². The maximum Gasteiger partial charge on any atom is 0.251 e. The van der Waals surface area contributed by atoms with Gasteiger partial charge in [-0.15, -0.1) is 0 Å². The molecule has 0 atom stereocenters. The van der Waals surface area contributed by atoms with Crippen LogP contribution >= 0.6 is 0 Å². The van der Waals surface area contributed by atoms with Crippen molar-refractivity contribution in [2.24, 2.45) is 0 Å². The number of rotatable bonds is 6. The van der Waals surface area contributed by atoms with Gasteiger partial charge in [-0.25, -0.2) is 0 Å². The summed E-state index contributed by atoms with van der Waals surface area (Å²) in [6, 6.07) is 1.65. The summed E-state index contributed by atoms with van der Waals surface area (Å²) < 4.78 is 5.95. The maximum atomic E-state index is 11.9. The highest BCUT2D eigenvalue weighted by atomic mass is 16.5. The molecule has 6 heteroatoms. The Kier molecular flexibility index (Phi) is 6.04. The van der Waals surface area contributed by atoms with Crippen LogP contribution in [0.15, 0.2) is 17.1 Å². The van der Waals surface area contributed by atoms with E-state index >= 15 is 0 Å². The van der Waals surface area contributed by atoms with Crippen molar-refractivity contribution < 1.29 is 14.6 Å². The zero-order valence-electron chi connectivity index (χ0n) is 14.7. The van der Waals surface area contributed by atoms with E-state index in [1.165, 1.54) is 6.07 Å². The van der Waals surface area contributed by atoms with Gasteiger partial charge < -0.3 is 20.1 Å². The van der Waals surface area contributed by atoms with E-state index in [4.69, 9.17) is 4.74 Å². The molecule has 0 aliphatic heterocycles. The summed E-state index contributed by atoms with van der Waals surface area (Å²) >= 11 is 0. The Morgan fingerprint density at radius 1 is 1.38 bits per heavy atom. The van der Waals surface area contributed by atoms with Gasteiger partial charge in [0, 0.05) is 30.3 Å². The first-order chi connectivity index (χ1) is 11.2. The van der Waals surface area contributed by atoms with Gasteiger partial charge >= 0.3 is 0 Å². The van der Waals surface area contributed by atoms with Crippen LogP contribution in [-0.4, -0.2) is 33.7 Å². The van der Waals surface area contributed by atoms with Crippen LogP contribution in [0.5, 0.6) is 5.75 Å². The van der Waals surface area contributed by atoms with Crippen LogP contribution in [-0.2, 0) is 4.79 Å². The number of hydrogen-bond donors (Lipinski definition) is 3. The van der Waals surface area contributed by atoms with E-state index in [9.17, 15) is 14.7 Å². The highest BCUT2D eigenvalue weighted by Crippen LogP contribution is 2.25. The number of amides is 1. The SMILES string of the molecule is Cc1c[nH]c(=O)cc1OC1CCC(NC(=O)CCC(C)(C)O)CC1. The van der Waals surface area contributed by atoms with E-state index in [1.54, 1.807) is 20.0 Å². The lowest BCUT2D eigenvalue weighted by Crippen LogP contribution is -2.40. The normalized spacial score (nSPS) is 21.3. The summed E-state index contributed by atoms with van der Waals surface area (Å²) in [7, 11) is 0. The Hall–Kier alpha value is -1.82. The van der Waals surface area contributed by atoms with Crippen molar-refractivity contribution in [3.05, 3.63) is 28.2 Å². The Morgan fingerprint density at radius 3 is 2.67 bits per heavy atom. The molecule has 1 aromatic heterocycles. The van der Waals surface area contributed by atoms with E-state index < -0.39 is 5.60 Å². The number of aromatic amines is 1. The average Bonchev–Trinajstić information content (AvgIpc) is 2.50. The molecular formula is C18H28N2O4. The van der Waals surface area contributed by atoms with Crippen molar-refractivity contribution in [1.29, 1.82) is 0 Å². The van der Waals surface area contributed by atoms with Gasteiger partial charge in [0.1, 0.15) is 5.75 Å². The number of H-pyrrole nitrogens is 1. The first-order valence-corrected chi connectivity index (χ1v) is 8.61. The van der Waals surface area contributed by atoms with Gasteiger partial charge in [0.25, 0.3) is 5.56 Å². The van der Waals surface area contributed by atoms with E-state index in [2.05, 4.69) is 10.3 Å². The van der Waals surface area contributed by atoms with Gasteiger partial charge in [0.15, 0.2) is 0 Å². The van der Waals surface area contributed by atoms with Crippen LogP contribution in [0.25, 0.3) is 0 Å². The molecule has 1 aliphatic carbocycles. The van der Waals surface area contributed by atoms with Gasteiger partial charge in [-0.05, 0) is 52.9 Å². The second-order valence-corrected chi connectivity index (χ2v) is 7.32. The summed E-state index contributed by atoms with van der Waals surface area (Å²) in [5.74, 6) is 0.628. The molecule has 0 saturated heterocycles. The second-order valence-electron chi connectivity index (χ2n) is 7.32. The third-order valence-corrected chi connectivity index (χ3v) is 4.38. The maximum absolute atomic E-state index is 11.9. The average molecular weight is 336 g/mol. The van der Waals surface area contributed by atoms with Gasteiger partial charge in [-0.1, -0.05) is 0 Å². The number of aromatic nitrogens is 1. The number of aryl methyl sites for hydroxylation is 1. The minimum Gasteiger partial charge on any atom is -0.490 e. The molecule has 134 valence electrons. The lowest BCUT2D eigenvalue weighted by molar-refractivity contribution is -0.123. The Bertz CT molecular complexity index is 610. The zero-order chi connectivity index (χ0) is 17.7. The summed E-state index contributed by atoms with van der Waals surface area (Å²) in [4.78, 5) is 25.9. The number of carbonyl (C=O) groups is 1. The predicted molar refractivity (Wildman–Crippen MR) is 92.1 cm³/mol. The molecule has 1 aliphatic rings. The fraction of sp³-hybridized carbons (Fsp3) is 0.667. The number of carbonyl (C=O) groups excluding carboxylic acids is 1. The van der Waals surface area contributed by atoms with E-state index in [1.807, 2.05) is 6.92 Å². The van der Waals surface area contributed by atoms with Crippen molar-refractivity contribution in [3.63, 3.8) is 0 Å². The quantitative estimate of drug-likeness (QED) is 0.741. The Balaban J connectivity index is 1.76. The van der Waals surface area contributed by atoms with Crippen molar-refractivity contribution >= 4 is 5.91 Å². The Morgan fingerprint density at radius 2 is 2.04 bits per heavy atom. The van der Waals surface area contributed by atoms with Gasteiger partial charge in [-0.3, -0.25) is 9.59 Å². The number of hydrogen-bond acceptors (Lipinski definition) is 4. The van der Waals surface area contributed by atoms with Crippen LogP contribution in [0, 0.1) is 6.92 Å². The minimum absolute atomic E-state index is 0.00747. The minimum atomic E-state index is -0.811. The standard InChI is InChI=1S/C18H28N2O4/c1-12-11-19-17(22)10-15(12)24-14-6-4-13(5-7-14)20-16(21)8-9-18(2,3)23/h10-11,13-14,23H,4-9H2,1-3H3,(H,19,22)(H,20,21). The third kappa shape index (κ3) is 6.00. The summed E-state index contributed by atoms with van der Waals surface area (Å²) in [6.45, 7) is 5.32. The topological polar surface area (TPSA) is 91.4 Å². The van der Waals surface area contributed by atoms with Crippen LogP contribution in [0.3, 0.4) is 0 Å². The summed E-state index contributed by atoms with van der Waals surface area (Å²) in [5.41, 5.74) is -0.0613. The van der Waals surface area contributed by atoms with Crippen molar-refractivity contribution in [3.8, 4) is 5.75 Å². The molecule has 0 bridgehead atoms. The molecule has 24 heavy (non-hydrogen) atoms. The number of aliphatic hydroxyl groups is 1. The second kappa shape index (κ2) is 7.83. The first-order valence-electron chi connectivity index (χ1n) is 8.61. The molecule has 0 aromatic carbocycles. The van der Waals surface area contributed by atoms with Crippen LogP contribution < -0.4 is 15.6 Å². The molecule has 1 saturated carbocycles. The molecule has 1 fully saturated rings. The van der Waals surface area contributed by atoms with Crippen LogP contribution in [0.4, 0.5) is 0 Å². The summed E-state index contributed by atoms with van der Waals surface area (Å²) in [6.07, 6.45) is 5.96. The van der Waals surface area contributed by atoms with Crippen molar-refractivity contribution in [1.82, 2.24) is 10.3 Å². The number of pyridine rings is 1. The van der Waals surface area contributed by atoms with Gasteiger partial charge in [0.2, 0.25) is 5.91 Å². The fourth-order valence-electron chi connectivity index (χ4n) is 2.88. The lowest BCUT2D eigenvalue weighted by atomic mass is 9.92. The fourth-order valence-corrected chi connectivity index (χ4v) is 2.88. The first kappa shape index (κ1) is 18.5. The zero-order valence-corrected chi connectivity index (χ0v) is 14.7.